The Bertz CT molecular complexity index is 433. The van der Waals surface area contributed by atoms with E-state index in [-0.39, 0.29) is 12.4 Å². The van der Waals surface area contributed by atoms with Crippen molar-refractivity contribution in [1.82, 2.24) is 0 Å². The Morgan fingerprint density at radius 2 is 2.19 bits per heavy atom. The van der Waals surface area contributed by atoms with Crippen LogP contribution in [0.25, 0.3) is 0 Å². The molecule has 1 aromatic carbocycles. The van der Waals surface area contributed by atoms with E-state index in [2.05, 4.69) is 10.8 Å². The first-order valence-electron chi connectivity index (χ1n) is 4.85. The summed E-state index contributed by atoms with van der Waals surface area (Å²) in [6.45, 7) is 0. The van der Waals surface area contributed by atoms with Gasteiger partial charge in [-0.05, 0) is 17.7 Å². The van der Waals surface area contributed by atoms with E-state index in [9.17, 15) is 4.79 Å². The second kappa shape index (κ2) is 5.17. The fourth-order valence-electron chi connectivity index (χ4n) is 1.41. The van der Waals surface area contributed by atoms with Gasteiger partial charge >= 0.3 is 5.97 Å². The van der Waals surface area contributed by atoms with Gasteiger partial charge in [-0.25, -0.2) is 0 Å². The van der Waals surface area contributed by atoms with Gasteiger partial charge in [0.1, 0.15) is 6.07 Å². The predicted octanol–water partition coefficient (Wildman–Crippen LogP) is 1.34. The molecule has 0 aromatic heterocycles. The number of methoxy groups -OCH3 is 1. The number of anilines is 1. The number of carbonyl (C=O) groups is 1. The first-order valence-corrected chi connectivity index (χ1v) is 4.85. The van der Waals surface area contributed by atoms with Crippen LogP contribution in [0.15, 0.2) is 18.2 Å². The van der Waals surface area contributed by atoms with Gasteiger partial charge in [-0.1, -0.05) is 6.07 Å². The minimum absolute atomic E-state index is 0.193. The number of benzene rings is 1. The molecule has 0 spiro atoms. The van der Waals surface area contributed by atoms with Gasteiger partial charge in [-0.2, -0.15) is 5.26 Å². The molecule has 0 saturated carbocycles. The summed E-state index contributed by atoms with van der Waals surface area (Å²) in [4.78, 5) is 12.9. The first kappa shape index (κ1) is 12.1. The van der Waals surface area contributed by atoms with Crippen LogP contribution in [0.3, 0.4) is 0 Å². The van der Waals surface area contributed by atoms with E-state index in [0.717, 1.165) is 11.3 Å². The molecule has 0 aliphatic rings. The van der Waals surface area contributed by atoms with E-state index in [1.165, 1.54) is 7.11 Å². The third-order valence-corrected chi connectivity index (χ3v) is 2.24. The van der Waals surface area contributed by atoms with Crippen LogP contribution in [0, 0.1) is 11.3 Å². The molecule has 0 unspecified atom stereocenters. The molecule has 1 rings (SSSR count). The molecular weight excluding hydrogens is 204 g/mol. The fraction of sp³-hybridized carbons (Fsp3) is 0.333. The molecule has 0 aliphatic heterocycles. The molecule has 0 bridgehead atoms. The van der Waals surface area contributed by atoms with Gasteiger partial charge in [-0.15, -0.1) is 0 Å². The van der Waals surface area contributed by atoms with Gasteiger partial charge in [0.05, 0.1) is 24.8 Å². The topological polar surface area (TPSA) is 53.3 Å². The number of carbonyl (C=O) groups excluding carboxylic acids is 1. The molecule has 0 N–H and O–H groups in total. The summed E-state index contributed by atoms with van der Waals surface area (Å²) in [5, 5.41) is 8.99. The molecule has 0 atom stereocenters. The summed E-state index contributed by atoms with van der Waals surface area (Å²) >= 11 is 0. The molecule has 0 saturated heterocycles. The third-order valence-electron chi connectivity index (χ3n) is 2.24. The maximum atomic E-state index is 11.1. The quantitative estimate of drug-likeness (QED) is 0.718. The molecule has 4 nitrogen and oxygen atoms in total. The van der Waals surface area contributed by atoms with Crippen molar-refractivity contribution in [2.75, 3.05) is 26.1 Å². The Morgan fingerprint density at radius 1 is 1.50 bits per heavy atom. The van der Waals surface area contributed by atoms with Gasteiger partial charge in [0, 0.05) is 14.1 Å². The van der Waals surface area contributed by atoms with Crippen LogP contribution in [0.2, 0.25) is 0 Å². The number of hydrogen-bond acceptors (Lipinski definition) is 4. The summed E-state index contributed by atoms with van der Waals surface area (Å²) in [6.07, 6.45) is 0.193. The number of nitriles is 1. The van der Waals surface area contributed by atoms with Crippen molar-refractivity contribution in [3.05, 3.63) is 29.3 Å². The summed E-state index contributed by atoms with van der Waals surface area (Å²) in [5.41, 5.74) is 2.19. The Labute approximate surface area is 95.0 Å². The van der Waals surface area contributed by atoms with Crippen molar-refractivity contribution in [1.29, 1.82) is 5.26 Å². The molecule has 16 heavy (non-hydrogen) atoms. The lowest BCUT2D eigenvalue weighted by molar-refractivity contribution is -0.139. The molecule has 4 heteroatoms. The standard InChI is InChI=1S/C12H14N2O2/c1-14(2)11-5-4-9(6-10(11)8-13)7-12(15)16-3/h4-6H,7H2,1-3H3. The van der Waals surface area contributed by atoms with Crippen molar-refractivity contribution < 1.29 is 9.53 Å². The second-order valence-electron chi connectivity index (χ2n) is 3.61. The molecule has 0 aliphatic carbocycles. The van der Waals surface area contributed by atoms with Crippen molar-refractivity contribution in [2.45, 2.75) is 6.42 Å². The molecule has 1 aromatic rings. The average molecular weight is 218 g/mol. The van der Waals surface area contributed by atoms with E-state index in [4.69, 9.17) is 5.26 Å². The number of ether oxygens (including phenoxy) is 1. The average Bonchev–Trinajstić information content (AvgIpc) is 2.28. The van der Waals surface area contributed by atoms with Gasteiger partial charge < -0.3 is 9.64 Å². The normalized spacial score (nSPS) is 9.38. The minimum atomic E-state index is -0.304. The predicted molar refractivity (Wildman–Crippen MR) is 61.2 cm³/mol. The van der Waals surface area contributed by atoms with Gasteiger partial charge in [-0.3, -0.25) is 4.79 Å². The highest BCUT2D eigenvalue weighted by atomic mass is 16.5. The van der Waals surface area contributed by atoms with Crippen molar-refractivity contribution in [3.8, 4) is 6.07 Å². The lowest BCUT2D eigenvalue weighted by atomic mass is 10.1. The highest BCUT2D eigenvalue weighted by molar-refractivity contribution is 5.73. The van der Waals surface area contributed by atoms with Crippen LogP contribution < -0.4 is 4.90 Å². The Balaban J connectivity index is 3.01. The SMILES string of the molecule is COC(=O)Cc1ccc(N(C)C)c(C#N)c1. The summed E-state index contributed by atoms with van der Waals surface area (Å²) in [7, 11) is 5.09. The third kappa shape index (κ3) is 2.74. The van der Waals surface area contributed by atoms with Crippen LogP contribution >= 0.6 is 0 Å². The Morgan fingerprint density at radius 3 is 2.69 bits per heavy atom. The minimum Gasteiger partial charge on any atom is -0.469 e. The van der Waals surface area contributed by atoms with Gasteiger partial charge in [0.25, 0.3) is 0 Å². The molecular formula is C12H14N2O2. The number of hydrogen-bond donors (Lipinski definition) is 0. The first-order chi connectivity index (χ1) is 7.58. The summed E-state index contributed by atoms with van der Waals surface area (Å²) in [6, 6.07) is 7.49. The van der Waals surface area contributed by atoms with Crippen LogP contribution in [0.1, 0.15) is 11.1 Å². The summed E-state index contributed by atoms with van der Waals surface area (Å²) in [5.74, 6) is -0.304. The molecule has 0 heterocycles. The molecule has 0 amide bonds. The van der Waals surface area contributed by atoms with Crippen molar-refractivity contribution >= 4 is 11.7 Å². The van der Waals surface area contributed by atoms with E-state index >= 15 is 0 Å². The van der Waals surface area contributed by atoms with E-state index in [1.807, 2.05) is 31.1 Å². The van der Waals surface area contributed by atoms with E-state index < -0.39 is 0 Å². The van der Waals surface area contributed by atoms with Crippen LogP contribution in [-0.2, 0) is 16.0 Å². The number of nitrogens with zero attached hydrogens (tertiary/aromatic N) is 2. The van der Waals surface area contributed by atoms with E-state index in [0.29, 0.717) is 5.56 Å². The number of esters is 1. The van der Waals surface area contributed by atoms with Crippen LogP contribution in [0.4, 0.5) is 5.69 Å². The fourth-order valence-corrected chi connectivity index (χ4v) is 1.41. The maximum Gasteiger partial charge on any atom is 0.309 e. The van der Waals surface area contributed by atoms with Gasteiger partial charge in [0.15, 0.2) is 0 Å². The van der Waals surface area contributed by atoms with Crippen molar-refractivity contribution in [3.63, 3.8) is 0 Å². The van der Waals surface area contributed by atoms with Crippen LogP contribution in [0.5, 0.6) is 0 Å². The molecule has 0 fully saturated rings. The second-order valence-corrected chi connectivity index (χ2v) is 3.61. The Hall–Kier alpha value is -2.02. The van der Waals surface area contributed by atoms with Gasteiger partial charge in [0.2, 0.25) is 0 Å². The highest BCUT2D eigenvalue weighted by Gasteiger charge is 2.08. The zero-order valence-electron chi connectivity index (χ0n) is 9.65. The smallest absolute Gasteiger partial charge is 0.309 e. The van der Waals surface area contributed by atoms with Crippen LogP contribution in [-0.4, -0.2) is 27.2 Å². The van der Waals surface area contributed by atoms with E-state index in [1.54, 1.807) is 6.07 Å². The zero-order valence-corrected chi connectivity index (χ0v) is 9.65. The largest absolute Gasteiger partial charge is 0.469 e. The summed E-state index contributed by atoms with van der Waals surface area (Å²) < 4.78 is 4.57. The monoisotopic (exact) mass is 218 g/mol. The highest BCUT2D eigenvalue weighted by Crippen LogP contribution is 2.19. The lowest BCUT2D eigenvalue weighted by Gasteiger charge is -2.14. The Kier molecular flexibility index (Phi) is 3.90. The van der Waals surface area contributed by atoms with Crippen molar-refractivity contribution in [2.24, 2.45) is 0 Å². The molecule has 84 valence electrons. The zero-order chi connectivity index (χ0) is 12.1. The molecule has 0 radical (unpaired) electrons. The maximum absolute atomic E-state index is 11.1. The number of rotatable bonds is 3. The lowest BCUT2D eigenvalue weighted by Crippen LogP contribution is -2.11.